The maximum atomic E-state index is 5.97. The molecule has 0 saturated heterocycles. The van der Waals surface area contributed by atoms with Crippen molar-refractivity contribution in [1.29, 1.82) is 0 Å². The van der Waals surface area contributed by atoms with Gasteiger partial charge in [0.2, 0.25) is 0 Å². The molecule has 0 aromatic heterocycles. The van der Waals surface area contributed by atoms with Crippen molar-refractivity contribution in [3.8, 4) is 5.75 Å². The first-order valence-electron chi connectivity index (χ1n) is 6.48. The van der Waals surface area contributed by atoms with Crippen molar-refractivity contribution < 1.29 is 4.74 Å². The van der Waals surface area contributed by atoms with E-state index in [4.69, 9.17) is 27.9 Å². The van der Waals surface area contributed by atoms with Gasteiger partial charge < -0.3 is 10.1 Å². The van der Waals surface area contributed by atoms with E-state index in [1.54, 1.807) is 6.07 Å². The van der Waals surface area contributed by atoms with Crippen molar-refractivity contribution in [2.75, 3.05) is 5.32 Å². The average Bonchev–Trinajstić information content (AvgIpc) is 2.36. The average molecular weight is 310 g/mol. The third kappa shape index (κ3) is 4.62. The maximum Gasteiger partial charge on any atom is 0.119 e. The second-order valence-electron chi connectivity index (χ2n) is 4.82. The minimum absolute atomic E-state index is 0.183. The first-order chi connectivity index (χ1) is 9.52. The topological polar surface area (TPSA) is 21.3 Å². The molecule has 2 aromatic carbocycles. The Hall–Kier alpha value is -1.38. The van der Waals surface area contributed by atoms with Gasteiger partial charge in [0.25, 0.3) is 0 Å². The number of anilines is 1. The summed E-state index contributed by atoms with van der Waals surface area (Å²) in [6, 6.07) is 13.4. The molecule has 0 bridgehead atoms. The molecule has 0 aliphatic rings. The molecule has 1 N–H and O–H groups in total. The molecule has 2 aromatic rings. The number of nitrogens with one attached hydrogen (secondary N) is 1. The minimum atomic E-state index is 0.183. The van der Waals surface area contributed by atoms with Crippen LogP contribution < -0.4 is 10.1 Å². The standard InChI is InChI=1S/C16H17Cl2NO/c1-11(2)20-16-5-3-15(4-6-16)19-10-12-7-13(17)9-14(18)8-12/h3-9,11,19H,10H2,1-2H3. The van der Waals surface area contributed by atoms with Gasteiger partial charge in [-0.25, -0.2) is 0 Å². The van der Waals surface area contributed by atoms with Gasteiger partial charge in [0.1, 0.15) is 5.75 Å². The second-order valence-corrected chi connectivity index (χ2v) is 5.70. The van der Waals surface area contributed by atoms with E-state index in [9.17, 15) is 0 Å². The highest BCUT2D eigenvalue weighted by Gasteiger charge is 2.00. The Kier molecular flexibility index (Phi) is 5.16. The Balaban J connectivity index is 1.96. The van der Waals surface area contributed by atoms with Crippen LogP contribution in [0.1, 0.15) is 19.4 Å². The third-order valence-corrected chi connectivity index (χ3v) is 3.08. The summed E-state index contributed by atoms with van der Waals surface area (Å²) in [6.45, 7) is 4.69. The number of hydrogen-bond acceptors (Lipinski definition) is 2. The molecule has 0 atom stereocenters. The van der Waals surface area contributed by atoms with Crippen molar-refractivity contribution in [2.45, 2.75) is 26.5 Å². The monoisotopic (exact) mass is 309 g/mol. The van der Waals surface area contributed by atoms with Gasteiger partial charge >= 0.3 is 0 Å². The van der Waals surface area contributed by atoms with Crippen molar-refractivity contribution in [2.24, 2.45) is 0 Å². The summed E-state index contributed by atoms with van der Waals surface area (Å²) < 4.78 is 5.60. The fourth-order valence-electron chi connectivity index (χ4n) is 1.84. The molecule has 20 heavy (non-hydrogen) atoms. The molecule has 106 valence electrons. The smallest absolute Gasteiger partial charge is 0.119 e. The zero-order chi connectivity index (χ0) is 14.5. The number of ether oxygens (including phenoxy) is 1. The maximum absolute atomic E-state index is 5.97. The van der Waals surface area contributed by atoms with Crippen molar-refractivity contribution >= 4 is 28.9 Å². The van der Waals surface area contributed by atoms with Gasteiger partial charge in [0.05, 0.1) is 6.10 Å². The summed E-state index contributed by atoms with van der Waals surface area (Å²) >= 11 is 11.9. The zero-order valence-corrected chi connectivity index (χ0v) is 13.0. The minimum Gasteiger partial charge on any atom is -0.491 e. The van der Waals surface area contributed by atoms with Gasteiger partial charge in [-0.2, -0.15) is 0 Å². The molecule has 0 radical (unpaired) electrons. The zero-order valence-electron chi connectivity index (χ0n) is 11.5. The van der Waals surface area contributed by atoms with E-state index in [-0.39, 0.29) is 6.10 Å². The van der Waals surface area contributed by atoms with E-state index in [0.717, 1.165) is 17.0 Å². The van der Waals surface area contributed by atoms with Crippen molar-refractivity contribution in [3.05, 3.63) is 58.1 Å². The highest BCUT2D eigenvalue weighted by Crippen LogP contribution is 2.21. The van der Waals surface area contributed by atoms with Crippen LogP contribution in [0.5, 0.6) is 5.75 Å². The van der Waals surface area contributed by atoms with E-state index in [0.29, 0.717) is 16.6 Å². The predicted molar refractivity (Wildman–Crippen MR) is 86.0 cm³/mol. The van der Waals surface area contributed by atoms with E-state index in [2.05, 4.69) is 5.32 Å². The molecule has 2 nitrogen and oxygen atoms in total. The summed E-state index contributed by atoms with van der Waals surface area (Å²) in [5, 5.41) is 4.62. The molecule has 0 heterocycles. The molecule has 0 saturated carbocycles. The van der Waals surface area contributed by atoms with E-state index in [1.807, 2.05) is 50.2 Å². The Labute approximate surface area is 129 Å². The first kappa shape index (κ1) is 15.0. The third-order valence-electron chi connectivity index (χ3n) is 2.65. The number of benzene rings is 2. The van der Waals surface area contributed by atoms with E-state index < -0.39 is 0 Å². The van der Waals surface area contributed by atoms with Crippen LogP contribution in [0.2, 0.25) is 10.0 Å². The lowest BCUT2D eigenvalue weighted by atomic mass is 10.2. The lowest BCUT2D eigenvalue weighted by Crippen LogP contribution is -2.05. The molecule has 0 fully saturated rings. The van der Waals surface area contributed by atoms with E-state index in [1.165, 1.54) is 0 Å². The summed E-state index contributed by atoms with van der Waals surface area (Å²) in [5.41, 5.74) is 2.07. The Morgan fingerprint density at radius 2 is 1.60 bits per heavy atom. The highest BCUT2D eigenvalue weighted by atomic mass is 35.5. The molecule has 2 rings (SSSR count). The SMILES string of the molecule is CC(C)Oc1ccc(NCc2cc(Cl)cc(Cl)c2)cc1. The molecule has 0 amide bonds. The Bertz CT molecular complexity index is 547. The van der Waals surface area contributed by atoms with Crippen LogP contribution in [0.4, 0.5) is 5.69 Å². The van der Waals surface area contributed by atoms with Crippen LogP contribution in [0.15, 0.2) is 42.5 Å². The van der Waals surface area contributed by atoms with Crippen LogP contribution in [-0.4, -0.2) is 6.10 Å². The van der Waals surface area contributed by atoms with Crippen molar-refractivity contribution in [3.63, 3.8) is 0 Å². The summed E-state index contributed by atoms with van der Waals surface area (Å²) in [6.07, 6.45) is 0.183. The number of hydrogen-bond donors (Lipinski definition) is 1. The van der Waals surface area contributed by atoms with E-state index >= 15 is 0 Å². The summed E-state index contributed by atoms with van der Waals surface area (Å²) in [7, 11) is 0. The largest absolute Gasteiger partial charge is 0.491 e. The molecular formula is C16H17Cl2NO. The summed E-state index contributed by atoms with van der Waals surface area (Å²) in [5.74, 6) is 0.872. The van der Waals surface area contributed by atoms with Gasteiger partial charge in [0.15, 0.2) is 0 Å². The predicted octanol–water partition coefficient (Wildman–Crippen LogP) is 5.39. The molecule has 0 aliphatic carbocycles. The number of halogens is 2. The fourth-order valence-corrected chi connectivity index (χ4v) is 2.41. The van der Waals surface area contributed by atoms with Gasteiger partial charge in [-0.15, -0.1) is 0 Å². The second kappa shape index (κ2) is 6.87. The van der Waals surface area contributed by atoms with Crippen LogP contribution in [0.25, 0.3) is 0 Å². The fraction of sp³-hybridized carbons (Fsp3) is 0.250. The quantitative estimate of drug-likeness (QED) is 0.799. The van der Waals surface area contributed by atoms with Gasteiger partial charge in [0, 0.05) is 22.3 Å². The lowest BCUT2D eigenvalue weighted by Gasteiger charge is -2.11. The van der Waals surface area contributed by atoms with Crippen LogP contribution >= 0.6 is 23.2 Å². The summed E-state index contributed by atoms with van der Waals surface area (Å²) in [4.78, 5) is 0. The molecule has 4 heteroatoms. The van der Waals surface area contributed by atoms with Crippen LogP contribution in [-0.2, 0) is 6.54 Å². The molecule has 0 unspecified atom stereocenters. The Morgan fingerprint density at radius 3 is 2.15 bits per heavy atom. The van der Waals surface area contributed by atoms with Gasteiger partial charge in [-0.05, 0) is 61.9 Å². The number of rotatable bonds is 5. The van der Waals surface area contributed by atoms with Crippen LogP contribution in [0.3, 0.4) is 0 Å². The highest BCUT2D eigenvalue weighted by molar-refractivity contribution is 6.34. The van der Waals surface area contributed by atoms with Crippen LogP contribution in [0, 0.1) is 0 Å². The van der Waals surface area contributed by atoms with Gasteiger partial charge in [-0.1, -0.05) is 23.2 Å². The first-order valence-corrected chi connectivity index (χ1v) is 7.24. The molecular weight excluding hydrogens is 293 g/mol. The lowest BCUT2D eigenvalue weighted by molar-refractivity contribution is 0.242. The molecule has 0 aliphatic heterocycles. The Morgan fingerprint density at radius 1 is 1.00 bits per heavy atom. The molecule has 0 spiro atoms. The van der Waals surface area contributed by atoms with Crippen molar-refractivity contribution in [1.82, 2.24) is 0 Å². The normalized spacial score (nSPS) is 10.7. The van der Waals surface area contributed by atoms with Gasteiger partial charge in [-0.3, -0.25) is 0 Å².